The van der Waals surface area contributed by atoms with Gasteiger partial charge in [0.1, 0.15) is 0 Å². The van der Waals surface area contributed by atoms with Crippen LogP contribution in [0.5, 0.6) is 0 Å². The predicted octanol–water partition coefficient (Wildman–Crippen LogP) is 0.487. The zero-order valence-corrected chi connectivity index (χ0v) is 6.59. The molecular weight excluding hydrogens is 126 g/mol. The molecule has 0 aliphatic rings. The maximum atomic E-state index is 5.27. The van der Waals surface area contributed by atoms with Crippen molar-refractivity contribution < 1.29 is 0 Å². The normalized spacial score (nSPS) is 12.5. The van der Waals surface area contributed by atoms with E-state index in [-0.39, 0.29) is 0 Å². The summed E-state index contributed by atoms with van der Waals surface area (Å²) in [6, 6.07) is 0. The Morgan fingerprint density at radius 2 is 2.40 bits per heavy atom. The molecule has 0 rings (SSSR count). The highest BCUT2D eigenvalue weighted by atomic mass is 15.0. The van der Waals surface area contributed by atoms with Gasteiger partial charge in [0.15, 0.2) is 0 Å². The van der Waals surface area contributed by atoms with E-state index in [1.165, 1.54) is 0 Å². The maximum absolute atomic E-state index is 5.27. The van der Waals surface area contributed by atoms with E-state index in [2.05, 4.69) is 10.3 Å². The lowest BCUT2D eigenvalue weighted by molar-refractivity contribution is 0.872. The van der Waals surface area contributed by atoms with Gasteiger partial charge >= 0.3 is 0 Å². The quantitative estimate of drug-likeness (QED) is 0.444. The van der Waals surface area contributed by atoms with Crippen LogP contribution < -0.4 is 11.1 Å². The average Bonchev–Trinajstić information content (AvgIpc) is 1.97. The number of hydrogen-bond donors (Lipinski definition) is 2. The van der Waals surface area contributed by atoms with E-state index in [1.54, 1.807) is 6.20 Å². The first-order valence-electron chi connectivity index (χ1n) is 3.40. The third kappa shape index (κ3) is 5.31. The van der Waals surface area contributed by atoms with Gasteiger partial charge in [-0.25, -0.2) is 4.99 Å². The van der Waals surface area contributed by atoms with Gasteiger partial charge in [0.2, 0.25) is 0 Å². The second kappa shape index (κ2) is 6.29. The van der Waals surface area contributed by atoms with Crippen LogP contribution >= 0.6 is 0 Å². The van der Waals surface area contributed by atoms with Crippen LogP contribution in [0.15, 0.2) is 17.3 Å². The Labute approximate surface area is 62.0 Å². The molecule has 0 bridgehead atoms. The first kappa shape index (κ1) is 9.17. The van der Waals surface area contributed by atoms with Crippen molar-refractivity contribution >= 4 is 5.84 Å². The van der Waals surface area contributed by atoms with Crippen molar-refractivity contribution in [2.45, 2.75) is 13.8 Å². The Morgan fingerprint density at radius 3 is 2.90 bits per heavy atom. The lowest BCUT2D eigenvalue weighted by Gasteiger charge is -2.00. The molecule has 0 heterocycles. The van der Waals surface area contributed by atoms with Crippen molar-refractivity contribution in [3.63, 3.8) is 0 Å². The molecule has 0 aromatic heterocycles. The molecule has 3 N–H and O–H groups in total. The number of hydrogen-bond acceptors (Lipinski definition) is 2. The summed E-state index contributed by atoms with van der Waals surface area (Å²) < 4.78 is 0. The molecule has 10 heavy (non-hydrogen) atoms. The largest absolute Gasteiger partial charge is 0.372 e. The topological polar surface area (TPSA) is 50.4 Å². The van der Waals surface area contributed by atoms with Crippen LogP contribution in [0.4, 0.5) is 0 Å². The highest BCUT2D eigenvalue weighted by Gasteiger charge is 1.82. The van der Waals surface area contributed by atoms with Crippen LogP contribution in [0.2, 0.25) is 0 Å². The molecule has 0 aliphatic heterocycles. The van der Waals surface area contributed by atoms with Gasteiger partial charge in [0.05, 0.1) is 5.84 Å². The van der Waals surface area contributed by atoms with Gasteiger partial charge < -0.3 is 11.1 Å². The molecule has 0 unspecified atom stereocenters. The van der Waals surface area contributed by atoms with Gasteiger partial charge in [-0.3, -0.25) is 0 Å². The van der Waals surface area contributed by atoms with Crippen molar-refractivity contribution in [1.29, 1.82) is 0 Å². The van der Waals surface area contributed by atoms with Gasteiger partial charge in [-0.05, 0) is 13.8 Å². The van der Waals surface area contributed by atoms with Crippen LogP contribution in [0.3, 0.4) is 0 Å². The number of aliphatic imine (C=N–C) groups is 1. The van der Waals surface area contributed by atoms with E-state index in [0.717, 1.165) is 12.4 Å². The maximum Gasteiger partial charge on any atom is 0.0983 e. The Kier molecular flexibility index (Phi) is 5.77. The second-order valence-electron chi connectivity index (χ2n) is 1.91. The summed E-state index contributed by atoms with van der Waals surface area (Å²) in [6.45, 7) is 5.27. The summed E-state index contributed by atoms with van der Waals surface area (Å²) in [5.41, 5.74) is 5.27. The first-order valence-corrected chi connectivity index (χ1v) is 3.40. The number of allylic oxidation sites excluding steroid dienone is 1. The van der Waals surface area contributed by atoms with Gasteiger partial charge in [-0.2, -0.15) is 0 Å². The number of nitrogens with one attached hydrogen (secondary N) is 1. The summed E-state index contributed by atoms with van der Waals surface area (Å²) in [6.07, 6.45) is 3.63. The highest BCUT2D eigenvalue weighted by molar-refractivity contribution is 5.79. The van der Waals surface area contributed by atoms with Crippen molar-refractivity contribution in [3.05, 3.63) is 12.3 Å². The van der Waals surface area contributed by atoms with Crippen LogP contribution in [-0.2, 0) is 0 Å². The van der Waals surface area contributed by atoms with Crippen molar-refractivity contribution in [2.24, 2.45) is 10.7 Å². The molecule has 3 heteroatoms. The minimum absolute atomic E-state index is 0.642. The monoisotopic (exact) mass is 141 g/mol. The lowest BCUT2D eigenvalue weighted by Crippen LogP contribution is -2.26. The van der Waals surface area contributed by atoms with Gasteiger partial charge in [0.25, 0.3) is 0 Å². The van der Waals surface area contributed by atoms with Crippen LogP contribution in [0.25, 0.3) is 0 Å². The standard InChI is InChI=1S/C7H15N3/c1-3-5-9-7(2)10-6-4-8/h3,5H,4,6,8H2,1-2H3,(H,9,10)/b5-3-. The third-order valence-corrected chi connectivity index (χ3v) is 0.942. The molecule has 0 saturated carbocycles. The van der Waals surface area contributed by atoms with Gasteiger partial charge in [-0.15, -0.1) is 0 Å². The summed E-state index contributed by atoms with van der Waals surface area (Å²) in [7, 11) is 0. The molecule has 0 aliphatic carbocycles. The summed E-state index contributed by atoms with van der Waals surface area (Å²) in [4.78, 5) is 4.05. The summed E-state index contributed by atoms with van der Waals surface area (Å²) in [5.74, 6) is 0.906. The molecule has 0 fully saturated rings. The minimum Gasteiger partial charge on any atom is -0.372 e. The Hall–Kier alpha value is -0.830. The Bertz CT molecular complexity index is 127. The summed E-state index contributed by atoms with van der Waals surface area (Å²) >= 11 is 0. The molecule has 0 aromatic carbocycles. The van der Waals surface area contributed by atoms with E-state index >= 15 is 0 Å². The number of rotatable bonds is 3. The Balaban J connectivity index is 3.49. The molecule has 0 aromatic rings. The predicted molar refractivity (Wildman–Crippen MR) is 45.0 cm³/mol. The fourth-order valence-corrected chi connectivity index (χ4v) is 0.485. The van der Waals surface area contributed by atoms with E-state index < -0.39 is 0 Å². The number of nitrogens with zero attached hydrogens (tertiary/aromatic N) is 1. The van der Waals surface area contributed by atoms with E-state index in [9.17, 15) is 0 Å². The molecule has 0 radical (unpaired) electrons. The molecule has 0 amide bonds. The first-order chi connectivity index (χ1) is 4.81. The number of nitrogens with two attached hydrogens (primary N) is 1. The van der Waals surface area contributed by atoms with Crippen molar-refractivity contribution in [3.8, 4) is 0 Å². The smallest absolute Gasteiger partial charge is 0.0983 e. The molecule has 0 spiro atoms. The Morgan fingerprint density at radius 1 is 1.70 bits per heavy atom. The van der Waals surface area contributed by atoms with Crippen molar-refractivity contribution in [2.75, 3.05) is 13.1 Å². The van der Waals surface area contributed by atoms with E-state index in [4.69, 9.17) is 5.73 Å². The molecule has 0 atom stereocenters. The van der Waals surface area contributed by atoms with Crippen LogP contribution in [0.1, 0.15) is 13.8 Å². The van der Waals surface area contributed by atoms with Crippen molar-refractivity contribution in [1.82, 2.24) is 5.32 Å². The second-order valence-corrected chi connectivity index (χ2v) is 1.91. The van der Waals surface area contributed by atoms with E-state index in [1.807, 2.05) is 19.9 Å². The third-order valence-electron chi connectivity index (χ3n) is 0.942. The van der Waals surface area contributed by atoms with Crippen LogP contribution in [0, 0.1) is 0 Å². The molecular formula is C7H15N3. The van der Waals surface area contributed by atoms with Gasteiger partial charge in [0, 0.05) is 19.3 Å². The molecule has 3 nitrogen and oxygen atoms in total. The fourth-order valence-electron chi connectivity index (χ4n) is 0.485. The van der Waals surface area contributed by atoms with E-state index in [0.29, 0.717) is 6.54 Å². The lowest BCUT2D eigenvalue weighted by atomic mass is 10.6. The van der Waals surface area contributed by atoms with Crippen LogP contribution in [-0.4, -0.2) is 18.9 Å². The minimum atomic E-state index is 0.642. The molecule has 0 saturated heterocycles. The number of amidine groups is 1. The average molecular weight is 141 g/mol. The zero-order chi connectivity index (χ0) is 7.82. The molecule has 58 valence electrons. The SMILES string of the molecule is C/C=C\N=C(/C)NCCN. The zero-order valence-electron chi connectivity index (χ0n) is 6.59. The summed E-state index contributed by atoms with van der Waals surface area (Å²) in [5, 5.41) is 3.04. The highest BCUT2D eigenvalue weighted by Crippen LogP contribution is 1.75. The van der Waals surface area contributed by atoms with Gasteiger partial charge in [-0.1, -0.05) is 6.08 Å². The fraction of sp³-hybridized carbons (Fsp3) is 0.571.